The minimum absolute atomic E-state index is 0.551. The lowest BCUT2D eigenvalue weighted by atomic mass is 10.1. The van der Waals surface area contributed by atoms with Crippen molar-refractivity contribution in [3.8, 4) is 11.5 Å². The first-order valence-electron chi connectivity index (χ1n) is 8.71. The third kappa shape index (κ3) is 7.87. The average Bonchev–Trinajstić information content (AvgIpc) is 2.57. The molecule has 0 radical (unpaired) electrons. The largest absolute Gasteiger partial charge is 0.490 e. The fourth-order valence-electron chi connectivity index (χ4n) is 2.39. The van der Waals surface area contributed by atoms with Crippen LogP contribution in [0.5, 0.6) is 11.5 Å². The zero-order valence-electron chi connectivity index (χ0n) is 14.8. The van der Waals surface area contributed by atoms with Crippen molar-refractivity contribution in [2.75, 3.05) is 13.2 Å². The molecule has 0 aromatic heterocycles. The number of carbonyl (C=O) groups is 1. The van der Waals surface area contributed by atoms with Crippen LogP contribution in [0.4, 0.5) is 0 Å². The first-order valence-corrected chi connectivity index (χ1v) is 8.71. The Balaban J connectivity index is 2.41. The number of hydrogen-bond donors (Lipinski definition) is 0. The van der Waals surface area contributed by atoms with Crippen molar-refractivity contribution in [1.29, 1.82) is 0 Å². The van der Waals surface area contributed by atoms with E-state index in [1.807, 2.05) is 6.92 Å². The third-order valence-electron chi connectivity index (χ3n) is 3.70. The smallest absolute Gasteiger partial charge is 0.161 e. The van der Waals surface area contributed by atoms with Crippen molar-refractivity contribution in [2.45, 2.75) is 59.3 Å². The quantitative estimate of drug-likeness (QED) is 0.286. The van der Waals surface area contributed by atoms with Crippen molar-refractivity contribution in [1.82, 2.24) is 0 Å². The highest BCUT2D eigenvalue weighted by atomic mass is 16.5. The summed E-state index contributed by atoms with van der Waals surface area (Å²) in [5, 5.41) is 0. The number of carbonyl (C=O) groups excluding carboxylic acids is 1. The Morgan fingerprint density at radius 2 is 1.91 bits per heavy atom. The van der Waals surface area contributed by atoms with Crippen LogP contribution < -0.4 is 9.47 Å². The molecular formula is C20H30O3. The summed E-state index contributed by atoms with van der Waals surface area (Å²) >= 11 is 0. The SMILES string of the molecule is CCCCCCC(C)=CCCOc1ccc(C=O)cc1OCC. The van der Waals surface area contributed by atoms with Crippen LogP contribution in [0.3, 0.4) is 0 Å². The Hall–Kier alpha value is -1.77. The topological polar surface area (TPSA) is 35.5 Å². The van der Waals surface area contributed by atoms with Crippen LogP contribution in [0.1, 0.15) is 69.7 Å². The molecule has 128 valence electrons. The summed E-state index contributed by atoms with van der Waals surface area (Å²) < 4.78 is 11.3. The maximum Gasteiger partial charge on any atom is 0.161 e. The second-order valence-corrected chi connectivity index (χ2v) is 5.76. The van der Waals surface area contributed by atoms with Gasteiger partial charge in [0, 0.05) is 5.56 Å². The van der Waals surface area contributed by atoms with E-state index >= 15 is 0 Å². The van der Waals surface area contributed by atoms with Crippen LogP contribution >= 0.6 is 0 Å². The van der Waals surface area contributed by atoms with Gasteiger partial charge in [-0.15, -0.1) is 0 Å². The van der Waals surface area contributed by atoms with Gasteiger partial charge in [-0.3, -0.25) is 4.79 Å². The molecule has 0 amide bonds. The second-order valence-electron chi connectivity index (χ2n) is 5.76. The van der Waals surface area contributed by atoms with Crippen molar-refractivity contribution >= 4 is 6.29 Å². The van der Waals surface area contributed by atoms with Gasteiger partial charge in [-0.1, -0.05) is 37.8 Å². The van der Waals surface area contributed by atoms with Gasteiger partial charge in [-0.05, 0) is 51.3 Å². The molecule has 0 bridgehead atoms. The Morgan fingerprint density at radius 1 is 1.09 bits per heavy atom. The molecule has 1 rings (SSSR count). The standard InChI is InChI=1S/C20H30O3/c1-4-6-7-8-10-17(3)11-9-14-23-19-13-12-18(16-21)15-20(19)22-5-2/h11-13,15-16H,4-10,14H2,1-3H3. The summed E-state index contributed by atoms with van der Waals surface area (Å²) in [7, 11) is 0. The van der Waals surface area contributed by atoms with Gasteiger partial charge >= 0.3 is 0 Å². The van der Waals surface area contributed by atoms with Crippen molar-refractivity contribution in [2.24, 2.45) is 0 Å². The molecule has 0 aliphatic heterocycles. The second kappa shape index (κ2) is 11.8. The molecule has 0 fully saturated rings. The fourth-order valence-corrected chi connectivity index (χ4v) is 2.39. The Kier molecular flexibility index (Phi) is 9.85. The van der Waals surface area contributed by atoms with Crippen LogP contribution in [0.25, 0.3) is 0 Å². The van der Waals surface area contributed by atoms with Gasteiger partial charge in [0.25, 0.3) is 0 Å². The molecule has 0 spiro atoms. The molecule has 0 aliphatic carbocycles. The van der Waals surface area contributed by atoms with Gasteiger partial charge in [-0.2, -0.15) is 0 Å². The first kappa shape index (κ1) is 19.3. The van der Waals surface area contributed by atoms with Gasteiger partial charge in [0.2, 0.25) is 0 Å². The van der Waals surface area contributed by atoms with Crippen molar-refractivity contribution in [3.05, 3.63) is 35.4 Å². The lowest BCUT2D eigenvalue weighted by molar-refractivity contribution is 0.112. The molecule has 3 nitrogen and oxygen atoms in total. The van der Waals surface area contributed by atoms with E-state index in [2.05, 4.69) is 19.9 Å². The maximum atomic E-state index is 10.8. The molecule has 0 unspecified atom stereocenters. The van der Waals surface area contributed by atoms with E-state index in [0.717, 1.165) is 12.7 Å². The minimum atomic E-state index is 0.551. The number of benzene rings is 1. The van der Waals surface area contributed by atoms with E-state index < -0.39 is 0 Å². The van der Waals surface area contributed by atoms with Gasteiger partial charge in [0.1, 0.15) is 6.29 Å². The molecule has 0 aliphatic rings. The zero-order chi connectivity index (χ0) is 16.9. The molecule has 0 saturated carbocycles. The van der Waals surface area contributed by atoms with Gasteiger partial charge in [0.05, 0.1) is 13.2 Å². The number of aldehydes is 1. The van der Waals surface area contributed by atoms with Gasteiger partial charge < -0.3 is 9.47 Å². The highest BCUT2D eigenvalue weighted by molar-refractivity contribution is 5.76. The van der Waals surface area contributed by atoms with Crippen LogP contribution in [-0.4, -0.2) is 19.5 Å². The summed E-state index contributed by atoms with van der Waals surface area (Å²) in [4.78, 5) is 10.8. The van der Waals surface area contributed by atoms with Crippen molar-refractivity contribution < 1.29 is 14.3 Å². The van der Waals surface area contributed by atoms with Crippen LogP contribution in [0, 0.1) is 0 Å². The Bertz CT molecular complexity index is 492. The fraction of sp³-hybridized carbons (Fsp3) is 0.550. The molecule has 23 heavy (non-hydrogen) atoms. The van der Waals surface area contributed by atoms with E-state index in [1.165, 1.54) is 37.7 Å². The Morgan fingerprint density at radius 3 is 2.61 bits per heavy atom. The van der Waals surface area contributed by atoms with E-state index in [4.69, 9.17) is 9.47 Å². The third-order valence-corrected chi connectivity index (χ3v) is 3.70. The number of ether oxygens (including phenoxy) is 2. The summed E-state index contributed by atoms with van der Waals surface area (Å²) in [5.41, 5.74) is 2.04. The monoisotopic (exact) mass is 318 g/mol. The molecule has 1 aromatic carbocycles. The number of rotatable bonds is 12. The molecule has 3 heteroatoms. The Labute approximate surface area is 140 Å². The predicted molar refractivity (Wildman–Crippen MR) is 95.6 cm³/mol. The number of hydrogen-bond acceptors (Lipinski definition) is 3. The van der Waals surface area contributed by atoms with Gasteiger partial charge in [0.15, 0.2) is 11.5 Å². The van der Waals surface area contributed by atoms with E-state index in [1.54, 1.807) is 18.2 Å². The first-order chi connectivity index (χ1) is 11.2. The van der Waals surface area contributed by atoms with E-state index in [-0.39, 0.29) is 0 Å². The lowest BCUT2D eigenvalue weighted by Crippen LogP contribution is -2.01. The number of allylic oxidation sites excluding steroid dienone is 1. The predicted octanol–water partition coefficient (Wildman–Crippen LogP) is 5.58. The highest BCUT2D eigenvalue weighted by Gasteiger charge is 2.06. The zero-order valence-corrected chi connectivity index (χ0v) is 14.8. The van der Waals surface area contributed by atoms with Crippen LogP contribution in [0.2, 0.25) is 0 Å². The average molecular weight is 318 g/mol. The number of unbranched alkanes of at least 4 members (excludes halogenated alkanes) is 3. The summed E-state index contributed by atoms with van der Waals surface area (Å²) in [6.07, 6.45) is 10.3. The minimum Gasteiger partial charge on any atom is -0.490 e. The van der Waals surface area contributed by atoms with Gasteiger partial charge in [-0.25, -0.2) is 0 Å². The van der Waals surface area contributed by atoms with E-state index in [0.29, 0.717) is 30.3 Å². The lowest BCUT2D eigenvalue weighted by Gasteiger charge is -2.11. The maximum absolute atomic E-state index is 10.8. The molecule has 0 atom stereocenters. The van der Waals surface area contributed by atoms with Crippen molar-refractivity contribution in [3.63, 3.8) is 0 Å². The molecule has 1 aromatic rings. The molecule has 0 N–H and O–H groups in total. The summed E-state index contributed by atoms with van der Waals surface area (Å²) in [6.45, 7) is 7.51. The van der Waals surface area contributed by atoms with Crippen LogP contribution in [-0.2, 0) is 0 Å². The van der Waals surface area contributed by atoms with E-state index in [9.17, 15) is 4.79 Å². The molecule has 0 saturated heterocycles. The summed E-state index contributed by atoms with van der Waals surface area (Å²) in [6, 6.07) is 5.27. The highest BCUT2D eigenvalue weighted by Crippen LogP contribution is 2.28. The summed E-state index contributed by atoms with van der Waals surface area (Å²) in [5.74, 6) is 1.34. The molecule has 0 heterocycles. The normalized spacial score (nSPS) is 11.3. The molecular weight excluding hydrogens is 288 g/mol. The van der Waals surface area contributed by atoms with Crippen LogP contribution in [0.15, 0.2) is 29.8 Å².